The maximum atomic E-state index is 12.2. The van der Waals surface area contributed by atoms with Crippen molar-refractivity contribution >= 4 is 21.8 Å². The van der Waals surface area contributed by atoms with E-state index in [0.29, 0.717) is 13.1 Å². The van der Waals surface area contributed by atoms with Crippen LogP contribution >= 0.6 is 15.9 Å². The molecule has 0 bridgehead atoms. The van der Waals surface area contributed by atoms with Crippen LogP contribution in [-0.4, -0.2) is 39.2 Å². The zero-order chi connectivity index (χ0) is 15.3. The van der Waals surface area contributed by atoms with Gasteiger partial charge in [-0.1, -0.05) is 0 Å². The highest BCUT2D eigenvalue weighted by molar-refractivity contribution is 9.10. The molecule has 0 aromatic carbocycles. The van der Waals surface area contributed by atoms with Crippen LogP contribution < -0.4 is 5.56 Å². The molecular formula is C14H21BrN2O3. The van der Waals surface area contributed by atoms with Gasteiger partial charge in [-0.05, 0) is 42.8 Å². The molecule has 1 N–H and O–H groups in total. The van der Waals surface area contributed by atoms with Crippen molar-refractivity contribution in [3.05, 3.63) is 33.2 Å². The Bertz CT molecular complexity index is 511. The second-order valence-corrected chi connectivity index (χ2v) is 6.03. The van der Waals surface area contributed by atoms with E-state index in [1.54, 1.807) is 24.1 Å². The van der Waals surface area contributed by atoms with Gasteiger partial charge >= 0.3 is 0 Å². The Labute approximate surface area is 127 Å². The SMILES string of the molecule is CC(O)CN(C(=O)CCn1cc(Br)ccc1=O)C(C)C. The fourth-order valence-corrected chi connectivity index (χ4v) is 2.30. The molecule has 6 heteroatoms. The summed E-state index contributed by atoms with van der Waals surface area (Å²) >= 11 is 3.30. The smallest absolute Gasteiger partial charge is 0.250 e. The number of aliphatic hydroxyl groups excluding tert-OH is 1. The molecule has 0 saturated heterocycles. The topological polar surface area (TPSA) is 62.5 Å². The summed E-state index contributed by atoms with van der Waals surface area (Å²) < 4.78 is 2.30. The second-order valence-electron chi connectivity index (χ2n) is 5.12. The first kappa shape index (κ1) is 16.9. The van der Waals surface area contributed by atoms with Gasteiger partial charge in [-0.2, -0.15) is 0 Å². The molecule has 5 nitrogen and oxygen atoms in total. The van der Waals surface area contributed by atoms with Crippen molar-refractivity contribution < 1.29 is 9.90 Å². The average Bonchev–Trinajstić information content (AvgIpc) is 2.36. The van der Waals surface area contributed by atoms with E-state index >= 15 is 0 Å². The number of amides is 1. The first-order chi connectivity index (χ1) is 9.31. The number of aromatic nitrogens is 1. The number of pyridine rings is 1. The van der Waals surface area contributed by atoms with E-state index in [9.17, 15) is 14.7 Å². The molecule has 0 spiro atoms. The summed E-state index contributed by atoms with van der Waals surface area (Å²) in [6.07, 6.45) is 1.35. The van der Waals surface area contributed by atoms with Gasteiger partial charge in [0.05, 0.1) is 6.10 Å². The highest BCUT2D eigenvalue weighted by Gasteiger charge is 2.18. The third-order valence-corrected chi connectivity index (χ3v) is 3.39. The maximum Gasteiger partial charge on any atom is 0.250 e. The molecule has 20 heavy (non-hydrogen) atoms. The van der Waals surface area contributed by atoms with Crippen LogP contribution in [0.4, 0.5) is 0 Å². The molecule has 0 radical (unpaired) electrons. The summed E-state index contributed by atoms with van der Waals surface area (Å²) in [5.74, 6) is -0.0622. The second kappa shape index (κ2) is 7.59. The molecule has 1 heterocycles. The van der Waals surface area contributed by atoms with Crippen molar-refractivity contribution in [3.8, 4) is 0 Å². The monoisotopic (exact) mass is 344 g/mol. The summed E-state index contributed by atoms with van der Waals surface area (Å²) in [6, 6.07) is 3.16. The van der Waals surface area contributed by atoms with Crippen LogP contribution in [0.25, 0.3) is 0 Å². The zero-order valence-electron chi connectivity index (χ0n) is 12.0. The van der Waals surface area contributed by atoms with E-state index in [1.165, 1.54) is 10.6 Å². The van der Waals surface area contributed by atoms with Crippen LogP contribution in [0.2, 0.25) is 0 Å². The third kappa shape index (κ3) is 5.09. The number of carbonyl (C=O) groups excluding carboxylic acids is 1. The molecule has 0 aliphatic heterocycles. The molecule has 0 aliphatic carbocycles. The van der Waals surface area contributed by atoms with Crippen molar-refractivity contribution in [2.75, 3.05) is 6.54 Å². The van der Waals surface area contributed by atoms with Crippen molar-refractivity contribution in [3.63, 3.8) is 0 Å². The number of halogens is 1. The molecule has 0 saturated carbocycles. The van der Waals surface area contributed by atoms with Gasteiger partial charge in [0.1, 0.15) is 0 Å². The molecule has 112 valence electrons. The van der Waals surface area contributed by atoms with Gasteiger partial charge in [0.15, 0.2) is 0 Å². The highest BCUT2D eigenvalue weighted by Crippen LogP contribution is 2.07. The Morgan fingerprint density at radius 1 is 1.40 bits per heavy atom. The Hall–Kier alpha value is -1.14. The maximum absolute atomic E-state index is 12.2. The van der Waals surface area contributed by atoms with Gasteiger partial charge in [-0.3, -0.25) is 9.59 Å². The Morgan fingerprint density at radius 2 is 2.05 bits per heavy atom. The lowest BCUT2D eigenvalue weighted by Crippen LogP contribution is -2.42. The minimum Gasteiger partial charge on any atom is -0.392 e. The van der Waals surface area contributed by atoms with Gasteiger partial charge in [0.25, 0.3) is 5.56 Å². The number of aryl methyl sites for hydroxylation is 1. The van der Waals surface area contributed by atoms with Crippen molar-refractivity contribution in [1.29, 1.82) is 0 Å². The lowest BCUT2D eigenvalue weighted by Gasteiger charge is -2.28. The molecule has 1 atom stereocenters. The minimum atomic E-state index is -0.560. The number of hydrogen-bond acceptors (Lipinski definition) is 3. The first-order valence-corrected chi connectivity index (χ1v) is 7.44. The summed E-state index contributed by atoms with van der Waals surface area (Å²) in [5, 5.41) is 9.43. The summed E-state index contributed by atoms with van der Waals surface area (Å²) in [4.78, 5) is 25.5. The summed E-state index contributed by atoms with van der Waals surface area (Å²) in [7, 11) is 0. The minimum absolute atomic E-state index is 0.0244. The van der Waals surface area contributed by atoms with E-state index in [1.807, 2.05) is 13.8 Å². The van der Waals surface area contributed by atoms with E-state index in [-0.39, 0.29) is 23.9 Å². The predicted octanol–water partition coefficient (Wildman–Crippen LogP) is 1.62. The van der Waals surface area contributed by atoms with Gasteiger partial charge in [0.2, 0.25) is 5.91 Å². The van der Waals surface area contributed by atoms with Crippen LogP contribution in [0.1, 0.15) is 27.2 Å². The van der Waals surface area contributed by atoms with Crippen LogP contribution in [0.15, 0.2) is 27.6 Å². The van der Waals surface area contributed by atoms with Crippen LogP contribution in [0.5, 0.6) is 0 Å². The van der Waals surface area contributed by atoms with Gasteiger partial charge in [0, 0.05) is 42.3 Å². The van der Waals surface area contributed by atoms with E-state index in [2.05, 4.69) is 15.9 Å². The normalized spacial score (nSPS) is 12.5. The predicted molar refractivity (Wildman–Crippen MR) is 81.5 cm³/mol. The fraction of sp³-hybridized carbons (Fsp3) is 0.571. The quantitative estimate of drug-likeness (QED) is 0.852. The van der Waals surface area contributed by atoms with Crippen LogP contribution in [0, 0.1) is 0 Å². The van der Waals surface area contributed by atoms with Gasteiger partial charge in [-0.25, -0.2) is 0 Å². The molecule has 1 unspecified atom stereocenters. The van der Waals surface area contributed by atoms with Crippen molar-refractivity contribution in [2.45, 2.75) is 45.9 Å². The van der Waals surface area contributed by atoms with Crippen LogP contribution in [-0.2, 0) is 11.3 Å². The third-order valence-electron chi connectivity index (χ3n) is 2.92. The lowest BCUT2D eigenvalue weighted by atomic mass is 10.2. The number of carbonyl (C=O) groups is 1. The Balaban J connectivity index is 2.69. The fourth-order valence-electron chi connectivity index (χ4n) is 1.92. The molecule has 1 amide bonds. The first-order valence-electron chi connectivity index (χ1n) is 6.64. The van der Waals surface area contributed by atoms with Crippen molar-refractivity contribution in [1.82, 2.24) is 9.47 Å². The van der Waals surface area contributed by atoms with E-state index in [0.717, 1.165) is 4.47 Å². The molecule has 1 aromatic rings. The van der Waals surface area contributed by atoms with E-state index in [4.69, 9.17) is 0 Å². The zero-order valence-corrected chi connectivity index (χ0v) is 13.6. The number of hydrogen-bond donors (Lipinski definition) is 1. The average molecular weight is 345 g/mol. The number of nitrogens with zero attached hydrogens (tertiary/aromatic N) is 2. The van der Waals surface area contributed by atoms with Gasteiger partial charge < -0.3 is 14.6 Å². The summed E-state index contributed by atoms with van der Waals surface area (Å²) in [6.45, 7) is 6.11. The van der Waals surface area contributed by atoms with Crippen LogP contribution in [0.3, 0.4) is 0 Å². The lowest BCUT2D eigenvalue weighted by molar-refractivity contribution is -0.134. The Kier molecular flexibility index (Phi) is 6.42. The largest absolute Gasteiger partial charge is 0.392 e. The molecule has 0 aliphatic rings. The van der Waals surface area contributed by atoms with Crippen molar-refractivity contribution in [2.24, 2.45) is 0 Å². The molecule has 0 fully saturated rings. The standard InChI is InChI=1S/C14H21BrN2O3/c1-10(2)17(8-11(3)18)14(20)6-7-16-9-12(15)4-5-13(16)19/h4-5,9-11,18H,6-8H2,1-3H3. The molecule has 1 rings (SSSR count). The number of rotatable bonds is 6. The van der Waals surface area contributed by atoms with Gasteiger partial charge in [-0.15, -0.1) is 0 Å². The Morgan fingerprint density at radius 3 is 2.60 bits per heavy atom. The summed E-state index contributed by atoms with van der Waals surface area (Å²) in [5.41, 5.74) is -0.132. The molecular weight excluding hydrogens is 324 g/mol. The van der Waals surface area contributed by atoms with E-state index < -0.39 is 6.10 Å². The number of aliphatic hydroxyl groups is 1. The highest BCUT2D eigenvalue weighted by atomic mass is 79.9. The molecule has 1 aromatic heterocycles.